The van der Waals surface area contributed by atoms with Crippen LogP contribution in [0.15, 0.2) is 24.3 Å². The van der Waals surface area contributed by atoms with Crippen LogP contribution in [0.5, 0.6) is 0 Å². The zero-order valence-corrected chi connectivity index (χ0v) is 6.96. The average molecular weight is 163 g/mol. The van der Waals surface area contributed by atoms with E-state index >= 15 is 0 Å². The van der Waals surface area contributed by atoms with Crippen molar-refractivity contribution in [3.05, 3.63) is 35.4 Å². The minimum atomic E-state index is -0.281. The van der Waals surface area contributed by atoms with Gasteiger partial charge in [0.15, 0.2) is 0 Å². The van der Waals surface area contributed by atoms with Crippen LogP contribution in [-0.4, -0.2) is 11.7 Å². The van der Waals surface area contributed by atoms with Gasteiger partial charge in [0.1, 0.15) is 0 Å². The Morgan fingerprint density at radius 3 is 3.08 bits per heavy atom. The molecule has 0 saturated carbocycles. The first-order valence-corrected chi connectivity index (χ1v) is 4.34. The molecule has 0 aliphatic carbocycles. The van der Waals surface area contributed by atoms with E-state index in [0.717, 1.165) is 25.1 Å². The van der Waals surface area contributed by atoms with Gasteiger partial charge in [-0.1, -0.05) is 24.3 Å². The van der Waals surface area contributed by atoms with Gasteiger partial charge in [-0.2, -0.15) is 0 Å². The van der Waals surface area contributed by atoms with E-state index in [1.807, 2.05) is 18.2 Å². The number of fused-ring (bicyclic) bond motifs is 1. The Balaban J connectivity index is 2.39. The Hall–Kier alpha value is -0.860. The van der Waals surface area contributed by atoms with Gasteiger partial charge in [-0.25, -0.2) is 0 Å². The molecule has 12 heavy (non-hydrogen) atoms. The normalized spacial score (nSPS) is 22.9. The van der Waals surface area contributed by atoms with Crippen LogP contribution in [0, 0.1) is 0 Å². The lowest BCUT2D eigenvalue weighted by Crippen LogP contribution is -2.12. The molecule has 1 aliphatic rings. The zero-order valence-electron chi connectivity index (χ0n) is 6.96. The Labute approximate surface area is 72.2 Å². The Morgan fingerprint density at radius 1 is 1.33 bits per heavy atom. The second kappa shape index (κ2) is 3.25. The third-order valence-corrected chi connectivity index (χ3v) is 2.32. The molecule has 1 heterocycles. The summed E-state index contributed by atoms with van der Waals surface area (Å²) >= 11 is 0. The lowest BCUT2D eigenvalue weighted by molar-refractivity contribution is 0.170. The predicted molar refractivity (Wildman–Crippen MR) is 47.7 cm³/mol. The highest BCUT2D eigenvalue weighted by molar-refractivity contribution is 5.29. The highest BCUT2D eigenvalue weighted by Crippen LogP contribution is 2.22. The van der Waals surface area contributed by atoms with Gasteiger partial charge in [0.2, 0.25) is 0 Å². The number of rotatable bonds is 0. The van der Waals surface area contributed by atoms with Crippen molar-refractivity contribution in [1.29, 1.82) is 0 Å². The van der Waals surface area contributed by atoms with E-state index in [4.69, 9.17) is 0 Å². The number of benzene rings is 1. The lowest BCUT2D eigenvalue weighted by Gasteiger charge is -2.09. The smallest absolute Gasteiger partial charge is 0.0805 e. The Morgan fingerprint density at radius 2 is 2.17 bits per heavy atom. The highest BCUT2D eigenvalue weighted by atomic mass is 16.3. The first kappa shape index (κ1) is 7.77. The fourth-order valence-corrected chi connectivity index (χ4v) is 1.64. The number of hydrogen-bond acceptors (Lipinski definition) is 2. The summed E-state index contributed by atoms with van der Waals surface area (Å²) in [5.74, 6) is 0. The van der Waals surface area contributed by atoms with Crippen LogP contribution in [-0.2, 0) is 6.54 Å². The molecule has 1 aromatic carbocycles. The van der Waals surface area contributed by atoms with Gasteiger partial charge in [-0.15, -0.1) is 0 Å². The Bertz CT molecular complexity index is 272. The van der Waals surface area contributed by atoms with Crippen molar-refractivity contribution in [2.45, 2.75) is 19.1 Å². The van der Waals surface area contributed by atoms with Crippen LogP contribution in [0.4, 0.5) is 0 Å². The van der Waals surface area contributed by atoms with Gasteiger partial charge in [-0.3, -0.25) is 0 Å². The Kier molecular flexibility index (Phi) is 2.11. The number of hydrogen-bond donors (Lipinski definition) is 2. The molecule has 64 valence electrons. The quantitative estimate of drug-likeness (QED) is 0.602. The molecule has 0 amide bonds. The molecule has 1 aliphatic heterocycles. The molecule has 0 unspecified atom stereocenters. The third kappa shape index (κ3) is 1.36. The molecule has 0 radical (unpaired) electrons. The van der Waals surface area contributed by atoms with Gasteiger partial charge in [0, 0.05) is 6.54 Å². The van der Waals surface area contributed by atoms with E-state index in [9.17, 15) is 5.11 Å². The molecule has 0 saturated heterocycles. The molecule has 0 bridgehead atoms. The van der Waals surface area contributed by atoms with Crippen LogP contribution < -0.4 is 5.32 Å². The van der Waals surface area contributed by atoms with Crippen LogP contribution in [0.2, 0.25) is 0 Å². The minimum Gasteiger partial charge on any atom is -0.388 e. The highest BCUT2D eigenvalue weighted by Gasteiger charge is 2.14. The molecule has 2 rings (SSSR count). The third-order valence-electron chi connectivity index (χ3n) is 2.32. The number of aliphatic hydroxyl groups excluding tert-OH is 1. The first-order chi connectivity index (χ1) is 5.88. The van der Waals surface area contributed by atoms with Gasteiger partial charge in [0.05, 0.1) is 6.10 Å². The number of nitrogens with one attached hydrogen (secondary N) is 1. The van der Waals surface area contributed by atoms with E-state index in [0.29, 0.717) is 0 Å². The molecular weight excluding hydrogens is 150 g/mol. The fraction of sp³-hybridized carbons (Fsp3) is 0.400. The summed E-state index contributed by atoms with van der Waals surface area (Å²) in [5, 5.41) is 13.0. The maximum Gasteiger partial charge on any atom is 0.0805 e. The summed E-state index contributed by atoms with van der Waals surface area (Å²) < 4.78 is 0. The van der Waals surface area contributed by atoms with E-state index in [1.54, 1.807) is 0 Å². The summed E-state index contributed by atoms with van der Waals surface area (Å²) in [4.78, 5) is 0. The van der Waals surface area contributed by atoms with E-state index in [2.05, 4.69) is 11.4 Å². The van der Waals surface area contributed by atoms with Crippen LogP contribution >= 0.6 is 0 Å². The van der Waals surface area contributed by atoms with E-state index in [-0.39, 0.29) is 6.10 Å². The largest absolute Gasteiger partial charge is 0.388 e. The topological polar surface area (TPSA) is 32.3 Å². The van der Waals surface area contributed by atoms with Crippen molar-refractivity contribution in [1.82, 2.24) is 5.32 Å². The summed E-state index contributed by atoms with van der Waals surface area (Å²) in [5.41, 5.74) is 2.31. The van der Waals surface area contributed by atoms with E-state index in [1.165, 1.54) is 5.56 Å². The standard InChI is InChI=1S/C10H13NO/c12-10-5-6-11-7-8-3-1-2-4-9(8)10/h1-4,10-12H,5-7H2/t10-/m0/s1. The molecule has 2 N–H and O–H groups in total. The van der Waals surface area contributed by atoms with Gasteiger partial charge in [0.25, 0.3) is 0 Å². The predicted octanol–water partition coefficient (Wildman–Crippen LogP) is 1.21. The van der Waals surface area contributed by atoms with Crippen molar-refractivity contribution >= 4 is 0 Å². The molecule has 1 atom stereocenters. The summed E-state index contributed by atoms with van der Waals surface area (Å²) in [6.45, 7) is 1.78. The second-order valence-electron chi connectivity index (χ2n) is 3.18. The molecule has 1 aromatic rings. The maximum absolute atomic E-state index is 9.70. The molecule has 2 nitrogen and oxygen atoms in total. The van der Waals surface area contributed by atoms with Gasteiger partial charge >= 0.3 is 0 Å². The minimum absolute atomic E-state index is 0.281. The summed E-state index contributed by atoms with van der Waals surface area (Å²) in [7, 11) is 0. The van der Waals surface area contributed by atoms with Crippen LogP contribution in [0.3, 0.4) is 0 Å². The van der Waals surface area contributed by atoms with Crippen LogP contribution in [0.1, 0.15) is 23.7 Å². The molecular formula is C10H13NO. The van der Waals surface area contributed by atoms with Gasteiger partial charge in [-0.05, 0) is 24.1 Å². The monoisotopic (exact) mass is 163 g/mol. The van der Waals surface area contributed by atoms with Crippen molar-refractivity contribution in [3.63, 3.8) is 0 Å². The fourth-order valence-electron chi connectivity index (χ4n) is 1.64. The molecule has 0 fully saturated rings. The van der Waals surface area contributed by atoms with Crippen molar-refractivity contribution in [2.24, 2.45) is 0 Å². The van der Waals surface area contributed by atoms with Crippen molar-refractivity contribution in [3.8, 4) is 0 Å². The molecule has 2 heteroatoms. The molecule has 0 aromatic heterocycles. The SMILES string of the molecule is O[C@H]1CCNCc2ccccc21. The second-order valence-corrected chi connectivity index (χ2v) is 3.18. The first-order valence-electron chi connectivity index (χ1n) is 4.34. The zero-order chi connectivity index (χ0) is 8.39. The average Bonchev–Trinajstić information content (AvgIpc) is 2.29. The van der Waals surface area contributed by atoms with Crippen molar-refractivity contribution in [2.75, 3.05) is 6.54 Å². The van der Waals surface area contributed by atoms with Crippen molar-refractivity contribution < 1.29 is 5.11 Å². The molecule has 0 spiro atoms. The van der Waals surface area contributed by atoms with E-state index < -0.39 is 0 Å². The van der Waals surface area contributed by atoms with Crippen LogP contribution in [0.25, 0.3) is 0 Å². The summed E-state index contributed by atoms with van der Waals surface area (Å²) in [6, 6.07) is 8.07. The van der Waals surface area contributed by atoms with Gasteiger partial charge < -0.3 is 10.4 Å². The lowest BCUT2D eigenvalue weighted by atomic mass is 10.0. The maximum atomic E-state index is 9.70. The summed E-state index contributed by atoms with van der Waals surface area (Å²) in [6.07, 6.45) is 0.535. The number of aliphatic hydroxyl groups is 1.